The number of hydrogen-bond donors (Lipinski definition) is 3. The topological polar surface area (TPSA) is 108 Å². The minimum absolute atomic E-state index is 0.220. The van der Waals surface area contributed by atoms with E-state index in [2.05, 4.69) is 16.0 Å². The Morgan fingerprint density at radius 2 is 1.92 bits per heavy atom. The van der Waals surface area contributed by atoms with Crippen molar-refractivity contribution in [3.8, 4) is 0 Å². The highest BCUT2D eigenvalue weighted by molar-refractivity contribution is 6.32. The number of rotatable bonds is 5. The molecule has 1 fully saturated rings. The smallest absolute Gasteiger partial charge is 0.325 e. The molecule has 0 radical (unpaired) electrons. The van der Waals surface area contributed by atoms with Crippen molar-refractivity contribution < 1.29 is 19.2 Å². The molecule has 1 saturated heterocycles. The van der Waals surface area contributed by atoms with Crippen molar-refractivity contribution in [2.24, 2.45) is 5.92 Å². The number of benzene rings is 1. The van der Waals surface area contributed by atoms with E-state index in [0.29, 0.717) is 17.1 Å². The van der Waals surface area contributed by atoms with Gasteiger partial charge in [0.1, 0.15) is 12.1 Å². The zero-order valence-corrected chi connectivity index (χ0v) is 15.5. The molecule has 6 amide bonds. The van der Waals surface area contributed by atoms with Gasteiger partial charge in [0.15, 0.2) is 0 Å². The van der Waals surface area contributed by atoms with E-state index in [1.807, 2.05) is 13.8 Å². The van der Waals surface area contributed by atoms with Crippen LogP contribution in [-0.2, 0) is 15.1 Å². The maximum absolute atomic E-state index is 12.7. The standard InChI is InChI=1S/C17H21ClN4O4/c1-10(2)8-19-15(25)20-13(23)9-22-14(24)17(3,21-16(22)26)11-6-4-5-7-12(11)18/h4-7,10H,8-9H2,1-3H3,(H,21,26)(H2,19,20,23,25)/t17-/m1/s1. The van der Waals surface area contributed by atoms with Crippen molar-refractivity contribution in [1.82, 2.24) is 20.9 Å². The fourth-order valence-corrected chi connectivity index (χ4v) is 2.87. The molecule has 0 aromatic heterocycles. The molecule has 8 nitrogen and oxygen atoms in total. The van der Waals surface area contributed by atoms with Gasteiger partial charge in [-0.05, 0) is 18.9 Å². The lowest BCUT2D eigenvalue weighted by atomic mass is 9.92. The van der Waals surface area contributed by atoms with Crippen LogP contribution in [-0.4, -0.2) is 41.9 Å². The van der Waals surface area contributed by atoms with Gasteiger partial charge in [0.25, 0.3) is 5.91 Å². The second-order valence-corrected chi connectivity index (χ2v) is 6.99. The molecule has 0 aliphatic carbocycles. The average molecular weight is 381 g/mol. The quantitative estimate of drug-likeness (QED) is 0.674. The summed E-state index contributed by atoms with van der Waals surface area (Å²) in [4.78, 5) is 49.3. The van der Waals surface area contributed by atoms with Gasteiger partial charge in [-0.25, -0.2) is 9.59 Å². The second-order valence-electron chi connectivity index (χ2n) is 6.58. The predicted molar refractivity (Wildman–Crippen MR) is 95.4 cm³/mol. The van der Waals surface area contributed by atoms with Crippen molar-refractivity contribution in [2.75, 3.05) is 13.1 Å². The SMILES string of the molecule is CC(C)CNC(=O)NC(=O)CN1C(=O)N[C@](C)(c2ccccc2Cl)C1=O. The summed E-state index contributed by atoms with van der Waals surface area (Å²) in [5.74, 6) is -1.16. The molecule has 0 saturated carbocycles. The first kappa shape index (κ1) is 19.7. The maximum Gasteiger partial charge on any atom is 0.325 e. The average Bonchev–Trinajstić information content (AvgIpc) is 2.77. The highest BCUT2D eigenvalue weighted by Crippen LogP contribution is 2.33. The molecule has 0 bridgehead atoms. The summed E-state index contributed by atoms with van der Waals surface area (Å²) < 4.78 is 0. The van der Waals surface area contributed by atoms with E-state index in [4.69, 9.17) is 11.6 Å². The third kappa shape index (κ3) is 4.13. The fourth-order valence-electron chi connectivity index (χ4n) is 2.54. The van der Waals surface area contributed by atoms with E-state index < -0.39 is 36.0 Å². The molecule has 26 heavy (non-hydrogen) atoms. The summed E-state index contributed by atoms with van der Waals surface area (Å²) in [7, 11) is 0. The van der Waals surface area contributed by atoms with Crippen LogP contribution in [0.2, 0.25) is 5.02 Å². The summed E-state index contributed by atoms with van der Waals surface area (Å²) >= 11 is 6.14. The Morgan fingerprint density at radius 1 is 1.27 bits per heavy atom. The maximum atomic E-state index is 12.7. The number of imide groups is 2. The van der Waals surface area contributed by atoms with Crippen LogP contribution in [0.25, 0.3) is 0 Å². The summed E-state index contributed by atoms with van der Waals surface area (Å²) in [6, 6.07) is 5.23. The zero-order valence-electron chi connectivity index (χ0n) is 14.8. The lowest BCUT2D eigenvalue weighted by molar-refractivity contribution is -0.134. The van der Waals surface area contributed by atoms with Crippen molar-refractivity contribution in [3.05, 3.63) is 34.9 Å². The Bertz CT molecular complexity index is 752. The number of hydrogen-bond acceptors (Lipinski definition) is 4. The van der Waals surface area contributed by atoms with Crippen LogP contribution >= 0.6 is 11.6 Å². The normalized spacial score (nSPS) is 19.5. The van der Waals surface area contributed by atoms with E-state index in [1.165, 1.54) is 6.92 Å². The molecule has 2 rings (SSSR count). The minimum atomic E-state index is -1.38. The molecule has 3 N–H and O–H groups in total. The Balaban J connectivity index is 2.06. The third-order valence-corrected chi connectivity index (χ3v) is 4.24. The number of halogens is 1. The number of amides is 6. The molecule has 1 aliphatic heterocycles. The number of carbonyl (C=O) groups excluding carboxylic acids is 4. The molecular weight excluding hydrogens is 360 g/mol. The predicted octanol–water partition coefficient (Wildman–Crippen LogP) is 1.59. The van der Waals surface area contributed by atoms with Gasteiger partial charge in [-0.1, -0.05) is 43.6 Å². The Morgan fingerprint density at radius 3 is 2.54 bits per heavy atom. The monoisotopic (exact) mass is 380 g/mol. The molecule has 0 spiro atoms. The van der Waals surface area contributed by atoms with Gasteiger partial charge < -0.3 is 10.6 Å². The molecule has 140 valence electrons. The van der Waals surface area contributed by atoms with Crippen LogP contribution in [0, 0.1) is 5.92 Å². The Kier molecular flexibility index (Phi) is 5.86. The Labute approximate surface area is 156 Å². The largest absolute Gasteiger partial charge is 0.338 e. The van der Waals surface area contributed by atoms with Crippen LogP contribution in [0.3, 0.4) is 0 Å². The Hall–Kier alpha value is -2.61. The van der Waals surface area contributed by atoms with Crippen molar-refractivity contribution in [3.63, 3.8) is 0 Å². The molecule has 1 heterocycles. The van der Waals surface area contributed by atoms with Crippen molar-refractivity contribution >= 4 is 35.5 Å². The van der Waals surface area contributed by atoms with Gasteiger partial charge in [0, 0.05) is 17.1 Å². The zero-order chi connectivity index (χ0) is 19.5. The lowest BCUT2D eigenvalue weighted by Gasteiger charge is -2.23. The summed E-state index contributed by atoms with van der Waals surface area (Å²) in [5.41, 5.74) is -0.951. The third-order valence-electron chi connectivity index (χ3n) is 3.91. The van der Waals surface area contributed by atoms with Gasteiger partial charge in [-0.3, -0.25) is 19.8 Å². The first-order valence-corrected chi connectivity index (χ1v) is 8.49. The van der Waals surface area contributed by atoms with Gasteiger partial charge in [-0.15, -0.1) is 0 Å². The molecule has 1 aliphatic rings. The molecular formula is C17H21ClN4O4. The highest BCUT2D eigenvalue weighted by atomic mass is 35.5. The molecule has 9 heteroatoms. The van der Waals surface area contributed by atoms with Crippen LogP contribution in [0.1, 0.15) is 26.3 Å². The summed E-state index contributed by atoms with van der Waals surface area (Å²) in [6.45, 7) is 5.16. The van der Waals surface area contributed by atoms with Crippen LogP contribution in [0.5, 0.6) is 0 Å². The van der Waals surface area contributed by atoms with Gasteiger partial charge in [0.2, 0.25) is 5.91 Å². The first-order chi connectivity index (χ1) is 12.1. The van der Waals surface area contributed by atoms with Crippen LogP contribution < -0.4 is 16.0 Å². The van der Waals surface area contributed by atoms with Gasteiger partial charge in [-0.2, -0.15) is 0 Å². The van der Waals surface area contributed by atoms with E-state index in [0.717, 1.165) is 4.90 Å². The lowest BCUT2D eigenvalue weighted by Crippen LogP contribution is -2.47. The van der Waals surface area contributed by atoms with E-state index >= 15 is 0 Å². The molecule has 1 aromatic rings. The fraction of sp³-hybridized carbons (Fsp3) is 0.412. The molecule has 1 aromatic carbocycles. The number of carbonyl (C=O) groups is 4. The minimum Gasteiger partial charge on any atom is -0.338 e. The second kappa shape index (κ2) is 7.74. The van der Waals surface area contributed by atoms with Crippen LogP contribution in [0.4, 0.5) is 9.59 Å². The molecule has 1 atom stereocenters. The van der Waals surface area contributed by atoms with Crippen molar-refractivity contribution in [1.29, 1.82) is 0 Å². The number of nitrogens with one attached hydrogen (secondary N) is 3. The highest BCUT2D eigenvalue weighted by Gasteiger charge is 2.50. The number of nitrogens with zero attached hydrogens (tertiary/aromatic N) is 1. The van der Waals surface area contributed by atoms with Crippen molar-refractivity contribution in [2.45, 2.75) is 26.3 Å². The summed E-state index contributed by atoms with van der Waals surface area (Å²) in [6.07, 6.45) is 0. The first-order valence-electron chi connectivity index (χ1n) is 8.12. The van der Waals surface area contributed by atoms with E-state index in [-0.39, 0.29) is 5.92 Å². The van der Waals surface area contributed by atoms with Crippen LogP contribution in [0.15, 0.2) is 24.3 Å². The van der Waals surface area contributed by atoms with Gasteiger partial charge in [0.05, 0.1) is 0 Å². The molecule has 0 unspecified atom stereocenters. The van der Waals surface area contributed by atoms with E-state index in [9.17, 15) is 19.2 Å². The summed E-state index contributed by atoms with van der Waals surface area (Å²) in [5, 5.41) is 7.49. The number of urea groups is 2. The van der Waals surface area contributed by atoms with E-state index in [1.54, 1.807) is 24.3 Å². The van der Waals surface area contributed by atoms with Gasteiger partial charge >= 0.3 is 12.1 Å².